The Bertz CT molecular complexity index is 5550. The summed E-state index contributed by atoms with van der Waals surface area (Å²) in [6.45, 7) is 19.5. The third kappa shape index (κ3) is 18.1. The molecule has 25 heteroatoms. The normalized spacial score (nSPS) is 15.7. The van der Waals surface area contributed by atoms with E-state index in [0.717, 1.165) is 13.4 Å². The molecule has 0 saturated carbocycles. The number of para-hydroxylation sites is 8. The summed E-state index contributed by atoms with van der Waals surface area (Å²) in [5.41, 5.74) is 10.7. The van der Waals surface area contributed by atoms with Gasteiger partial charge in [-0.05, 0) is 34.7 Å². The standard InChI is InChI=1S/C25H23N3O2SSiTe.C19H17NOSiTe.C18H17NSiTe.C14H15NSi.C6H8N2O2S.C4H3ITe.C4H4Te/c1-26-23(29)17(24(30)27(2)25(26)31)15-16-13-14-22(33-16)28-18-9-5-7-11-20(18)32(3,4)21-12-8-6-10-19(21)28;1-22(2)17-9-5-3-7-15(17)20(16-8-4-6-10-18(16)22)19-12-11-14(13-21)23-19;1-20(2)16-10-5-3-8-14(16)19(18-12-7-13-21-18)15-9-4-6-11-17(15)20;1-16(2)13-9-5-3-7-11(13)15-12-8-4-6-10-14(12)16;1-7-4(9)3-5(10)8(2)6(7)11;5-4-2-1-3-6-4;1-2-4-5-3-1/h5-15H,1-4H3;3-13H,1-2H3;3-13H,1-2H3;3-10,15H,1-2H3;3H2,1-2H3;1-3H;1-4H. The fourth-order valence-electron chi connectivity index (χ4n) is 15.2. The number of likely N-dealkylation sites (N-methyl/N-ethyl adjacent to an activating group) is 2. The van der Waals surface area contributed by atoms with Crippen LogP contribution in [-0.2, 0) is 19.2 Å². The molecule has 0 bridgehead atoms. The first-order valence-corrected chi connectivity index (χ1v) is 63.6. The number of nitrogens with zero attached hydrogens (tertiary/aromatic N) is 7. The van der Waals surface area contributed by atoms with Crippen molar-refractivity contribution in [2.24, 2.45) is 0 Å². The Hall–Kier alpha value is -6.62. The molecule has 2 fully saturated rings. The molecule has 582 valence electrons. The van der Waals surface area contributed by atoms with E-state index in [-0.39, 0.29) is 107 Å². The summed E-state index contributed by atoms with van der Waals surface area (Å²) in [6.07, 6.45) is 2.71. The van der Waals surface area contributed by atoms with Crippen LogP contribution in [0, 0.1) is 1.59 Å². The van der Waals surface area contributed by atoms with E-state index in [1.165, 1.54) is 107 Å². The van der Waals surface area contributed by atoms with Crippen LogP contribution in [0.3, 0.4) is 0 Å². The third-order valence-electron chi connectivity index (χ3n) is 21.4. The van der Waals surface area contributed by atoms with E-state index >= 15 is 0 Å². The molecule has 19 rings (SSSR count). The van der Waals surface area contributed by atoms with Gasteiger partial charge in [0.05, 0.1) is 0 Å². The summed E-state index contributed by atoms with van der Waals surface area (Å²) in [7, 11) is -0.253. The zero-order valence-corrected chi connectivity index (χ0v) is 85.3. The number of rotatable bonds is 5. The Kier molecular flexibility index (Phi) is 28.0. The van der Waals surface area contributed by atoms with Crippen LogP contribution in [0.4, 0.5) is 56.6 Å². The average Bonchev–Trinajstić information content (AvgIpc) is 1.70. The molecule has 11 heterocycles. The van der Waals surface area contributed by atoms with Crippen LogP contribution in [0.15, 0.2) is 277 Å². The van der Waals surface area contributed by atoms with Gasteiger partial charge in [0.25, 0.3) is 0 Å². The zero-order chi connectivity index (χ0) is 81.7. The molecule has 0 radical (unpaired) electrons. The predicted molar refractivity (Wildman–Crippen MR) is 511 cm³/mol. The first kappa shape index (κ1) is 86.2. The van der Waals surface area contributed by atoms with Gasteiger partial charge in [0.1, 0.15) is 14.5 Å². The molecule has 1 N–H and O–H groups in total. The zero-order valence-electron chi connectivity index (χ0n) is 65.8. The fraction of sp³-hybridized carbons (Fsp3) is 0.144. The van der Waals surface area contributed by atoms with E-state index in [2.05, 4.69) is 360 Å². The maximum absolute atomic E-state index is 12.7. The maximum atomic E-state index is 12.7. The van der Waals surface area contributed by atoms with Gasteiger partial charge in [-0.25, -0.2) is 0 Å². The second kappa shape index (κ2) is 37.3. The molecular formula is C90H87IN8O5S2Si4Te5. The van der Waals surface area contributed by atoms with Crippen molar-refractivity contribution in [1.29, 1.82) is 0 Å². The Morgan fingerprint density at radius 1 is 0.357 bits per heavy atom. The van der Waals surface area contributed by atoms with Crippen LogP contribution in [0.1, 0.15) is 18.4 Å². The summed E-state index contributed by atoms with van der Waals surface area (Å²) >= 11 is 11.2. The second-order valence-electron chi connectivity index (χ2n) is 29.9. The summed E-state index contributed by atoms with van der Waals surface area (Å²) in [4.78, 5) is 71.2. The second-order valence-corrected chi connectivity index (χ2v) is 65.3. The summed E-state index contributed by atoms with van der Waals surface area (Å²) in [6, 6.07) is 91.8. The number of halogens is 1. The van der Waals surface area contributed by atoms with Crippen LogP contribution < -0.4 is 61.5 Å². The van der Waals surface area contributed by atoms with Crippen molar-refractivity contribution >= 4 is 326 Å². The Balaban J connectivity index is 0.000000125. The third-order valence-corrected chi connectivity index (χ3v) is 50.5. The molecular weight excluding hydrogens is 2210 g/mol. The number of amides is 4. The van der Waals surface area contributed by atoms with Crippen LogP contribution in [0.25, 0.3) is 6.08 Å². The van der Waals surface area contributed by atoms with Crippen molar-refractivity contribution in [2.45, 2.75) is 58.8 Å². The quantitative estimate of drug-likeness (QED) is 0.0337. The first-order chi connectivity index (χ1) is 55.2. The topological polar surface area (TPSA) is 120 Å². The molecule has 13 nitrogen and oxygen atoms in total. The molecule has 6 aliphatic rings. The number of nitrogens with one attached hydrogen (secondary N) is 1. The van der Waals surface area contributed by atoms with Gasteiger partial charge in [-0.2, -0.15) is 0 Å². The molecule has 115 heavy (non-hydrogen) atoms. The van der Waals surface area contributed by atoms with Crippen molar-refractivity contribution in [1.82, 2.24) is 19.6 Å². The first-order valence-electron chi connectivity index (χ1n) is 37.3. The molecule has 2 saturated heterocycles. The average molecular weight is 2300 g/mol. The molecule has 0 unspecified atom stereocenters. The molecule has 0 atom stereocenters. The predicted octanol–water partition coefficient (Wildman–Crippen LogP) is 13.7. The Labute approximate surface area is 752 Å². The van der Waals surface area contributed by atoms with E-state index in [9.17, 15) is 24.0 Å². The van der Waals surface area contributed by atoms with Gasteiger partial charge in [-0.15, -0.1) is 0 Å². The fourth-order valence-corrected chi connectivity index (χ4v) is 38.6. The van der Waals surface area contributed by atoms with Gasteiger partial charge in [0.15, 0.2) is 5.11 Å². The van der Waals surface area contributed by atoms with Gasteiger partial charge in [0.2, 0.25) is 11.8 Å². The number of carbonyl (C=O) groups is 5. The summed E-state index contributed by atoms with van der Waals surface area (Å²) in [5, 5.41) is 16.0. The van der Waals surface area contributed by atoms with Gasteiger partial charge in [-0.1, -0.05) is 49.5 Å². The van der Waals surface area contributed by atoms with Gasteiger partial charge < -0.3 is 5.32 Å². The van der Waals surface area contributed by atoms with Crippen molar-refractivity contribution in [3.63, 3.8) is 0 Å². The van der Waals surface area contributed by atoms with Crippen LogP contribution in [-0.4, -0.2) is 222 Å². The van der Waals surface area contributed by atoms with Crippen LogP contribution >= 0.6 is 47.0 Å². The molecule has 8 aromatic carbocycles. The van der Waals surface area contributed by atoms with Crippen molar-refractivity contribution in [3.8, 4) is 0 Å². The van der Waals surface area contributed by atoms with Crippen molar-refractivity contribution in [3.05, 3.63) is 285 Å². The number of hydrogen-bond acceptors (Lipinski definition) is 11. The molecule has 0 spiro atoms. The van der Waals surface area contributed by atoms with Crippen LogP contribution in [0.5, 0.6) is 0 Å². The number of fused-ring (bicyclic) bond motifs is 8. The monoisotopic (exact) mass is 2310 g/mol. The number of thiocarbonyl (C=S) groups is 2. The number of anilines is 11. The summed E-state index contributed by atoms with van der Waals surface area (Å²) < 4.78 is 16.8. The van der Waals surface area contributed by atoms with Gasteiger partial charge >= 0.3 is 596 Å². The van der Waals surface area contributed by atoms with Gasteiger partial charge in [0, 0.05) is 25.5 Å². The molecule has 5 aromatic heterocycles. The van der Waals surface area contributed by atoms with E-state index in [1.54, 1.807) is 46.2 Å². The minimum absolute atomic E-state index is 0.0763. The number of carbonyl (C=O) groups excluding carboxylic acids is 5. The molecule has 0 aliphatic carbocycles. The molecule has 13 aromatic rings. The number of aldehydes is 1. The summed E-state index contributed by atoms with van der Waals surface area (Å²) in [5.74, 6) is -1.16. The van der Waals surface area contributed by atoms with E-state index in [4.69, 9.17) is 24.4 Å². The van der Waals surface area contributed by atoms with Crippen LogP contribution in [0.2, 0.25) is 52.4 Å². The van der Waals surface area contributed by atoms with Crippen molar-refractivity contribution < 1.29 is 24.0 Å². The minimum atomic E-state index is -1.81. The van der Waals surface area contributed by atoms with E-state index in [0.29, 0.717) is 0 Å². The molecule has 6 aliphatic heterocycles. The number of hydrogen-bond donors (Lipinski definition) is 1. The van der Waals surface area contributed by atoms with E-state index in [1.807, 2.05) is 6.07 Å². The Morgan fingerprint density at radius 3 is 1.00 bits per heavy atom. The number of benzene rings is 8. The Morgan fingerprint density at radius 2 is 0.678 bits per heavy atom. The van der Waals surface area contributed by atoms with Crippen molar-refractivity contribution in [2.75, 3.05) is 48.2 Å². The SMILES string of the molecule is CN1C(=O)C(=Cc2ccc(N3c4ccccc4[Si](C)(C)c4ccccc43)[te]2)C(=O)N(C)C1=S.CN1C(=O)CC(=O)N(C)C1=S.C[Si]1(C)c2ccccc2N(c2ccc(C=O)[te]2)c2ccccc21.C[Si]1(C)c2ccccc2N(c2ccc[te]2)c2ccccc21.C[Si]1(C)c2ccccc2Nc2ccccc21.Ic1ccc[te]1.c1cc[te]c1. The molecule has 4 amide bonds. The van der Waals surface area contributed by atoms with E-state index < -0.39 is 73.2 Å². The van der Waals surface area contributed by atoms with Gasteiger partial charge in [-0.3, -0.25) is 19.4 Å².